The van der Waals surface area contributed by atoms with E-state index in [4.69, 9.17) is 26.8 Å². The predicted molar refractivity (Wildman–Crippen MR) is 64.4 cm³/mol. The third kappa shape index (κ3) is 3.16. The Morgan fingerprint density at radius 1 is 1.20 bits per heavy atom. The largest absolute Gasteiger partial charge is 0.496 e. The highest BCUT2D eigenvalue weighted by molar-refractivity contribution is 6.32. The van der Waals surface area contributed by atoms with E-state index in [1.807, 2.05) is 6.92 Å². The van der Waals surface area contributed by atoms with E-state index in [9.17, 15) is 0 Å². The average molecular weight is 252 g/mol. The average Bonchev–Trinajstić information content (AvgIpc) is 2.17. The zero-order chi connectivity index (χ0) is 10.7. The lowest BCUT2D eigenvalue weighted by Gasteiger charge is -2.14. The maximum Gasteiger partial charge on any atom is 0.141 e. The van der Waals surface area contributed by atoms with Crippen LogP contribution in [0, 0.1) is 0 Å². The number of hydrogen-bond donors (Lipinski definition) is 1. The highest BCUT2D eigenvalue weighted by Gasteiger charge is 2.12. The Balaban J connectivity index is 0.00000196. The molecule has 0 heterocycles. The molecule has 0 amide bonds. The quantitative estimate of drug-likeness (QED) is 0.899. The van der Waals surface area contributed by atoms with Gasteiger partial charge in [-0.25, -0.2) is 0 Å². The van der Waals surface area contributed by atoms with Crippen LogP contribution in [-0.2, 0) is 0 Å². The lowest BCUT2D eigenvalue weighted by atomic mass is 10.1. The Hall–Kier alpha value is -0.640. The van der Waals surface area contributed by atoms with Crippen molar-refractivity contribution in [2.75, 3.05) is 14.2 Å². The molecule has 1 unspecified atom stereocenters. The first kappa shape index (κ1) is 14.4. The summed E-state index contributed by atoms with van der Waals surface area (Å²) in [5.74, 6) is 1.29. The monoisotopic (exact) mass is 251 g/mol. The number of benzene rings is 1. The molecule has 0 bridgehead atoms. The molecule has 0 radical (unpaired) electrons. The molecule has 0 aliphatic rings. The third-order valence-electron chi connectivity index (χ3n) is 1.99. The van der Waals surface area contributed by atoms with Crippen molar-refractivity contribution < 1.29 is 9.47 Å². The maximum atomic E-state index is 5.97. The molecule has 1 atom stereocenters. The van der Waals surface area contributed by atoms with Crippen molar-refractivity contribution in [1.29, 1.82) is 0 Å². The van der Waals surface area contributed by atoms with E-state index in [2.05, 4.69) is 0 Å². The minimum absolute atomic E-state index is 0. The smallest absolute Gasteiger partial charge is 0.141 e. The number of ether oxygens (including phenoxy) is 2. The van der Waals surface area contributed by atoms with Crippen LogP contribution in [0.1, 0.15) is 18.5 Å². The molecular weight excluding hydrogens is 237 g/mol. The van der Waals surface area contributed by atoms with Gasteiger partial charge in [-0.1, -0.05) is 11.6 Å². The first-order chi connectivity index (χ1) is 6.60. The van der Waals surface area contributed by atoms with Crippen molar-refractivity contribution in [2.45, 2.75) is 13.0 Å². The van der Waals surface area contributed by atoms with Crippen LogP contribution < -0.4 is 15.2 Å². The van der Waals surface area contributed by atoms with Crippen molar-refractivity contribution in [1.82, 2.24) is 0 Å². The van der Waals surface area contributed by atoms with Crippen molar-refractivity contribution in [3.8, 4) is 11.5 Å². The van der Waals surface area contributed by atoms with Gasteiger partial charge in [-0.15, -0.1) is 12.4 Å². The van der Waals surface area contributed by atoms with Crippen LogP contribution in [0.5, 0.6) is 11.5 Å². The Bertz CT molecular complexity index is 329. The zero-order valence-electron chi connectivity index (χ0n) is 8.91. The molecule has 86 valence electrons. The standard InChI is InChI=1S/C10H14ClNO2.ClH/c1-6(12)7-4-8(11)10(14-3)5-9(7)13-2;/h4-6H,12H2,1-3H3;1H. The molecule has 0 fully saturated rings. The van der Waals surface area contributed by atoms with Crippen molar-refractivity contribution in [3.05, 3.63) is 22.7 Å². The molecule has 0 spiro atoms. The molecular formula is C10H15Cl2NO2. The van der Waals surface area contributed by atoms with Gasteiger partial charge in [0, 0.05) is 17.7 Å². The molecule has 2 N–H and O–H groups in total. The first-order valence-electron chi connectivity index (χ1n) is 4.27. The second-order valence-electron chi connectivity index (χ2n) is 3.02. The molecule has 1 rings (SSSR count). The van der Waals surface area contributed by atoms with Gasteiger partial charge in [-0.2, -0.15) is 0 Å². The summed E-state index contributed by atoms with van der Waals surface area (Å²) in [7, 11) is 3.15. The fourth-order valence-corrected chi connectivity index (χ4v) is 1.49. The van der Waals surface area contributed by atoms with Gasteiger partial charge in [0.15, 0.2) is 0 Å². The highest BCUT2D eigenvalue weighted by atomic mass is 35.5. The number of halogens is 2. The molecule has 0 saturated heterocycles. The Morgan fingerprint density at radius 2 is 1.73 bits per heavy atom. The van der Waals surface area contributed by atoms with E-state index in [0.29, 0.717) is 16.5 Å². The maximum absolute atomic E-state index is 5.97. The molecule has 1 aromatic rings. The van der Waals surface area contributed by atoms with Crippen LogP contribution >= 0.6 is 24.0 Å². The lowest BCUT2D eigenvalue weighted by molar-refractivity contribution is 0.389. The van der Waals surface area contributed by atoms with Crippen LogP contribution in [-0.4, -0.2) is 14.2 Å². The molecule has 0 aromatic heterocycles. The van der Waals surface area contributed by atoms with E-state index >= 15 is 0 Å². The zero-order valence-corrected chi connectivity index (χ0v) is 10.5. The van der Waals surface area contributed by atoms with Crippen molar-refractivity contribution in [2.24, 2.45) is 5.73 Å². The van der Waals surface area contributed by atoms with Crippen molar-refractivity contribution in [3.63, 3.8) is 0 Å². The Kier molecular flexibility index (Phi) is 5.80. The number of hydrogen-bond acceptors (Lipinski definition) is 3. The summed E-state index contributed by atoms with van der Waals surface area (Å²) in [6.45, 7) is 1.88. The van der Waals surface area contributed by atoms with Gasteiger partial charge in [0.2, 0.25) is 0 Å². The van der Waals surface area contributed by atoms with Gasteiger partial charge in [-0.05, 0) is 13.0 Å². The van der Waals surface area contributed by atoms with Crippen LogP contribution in [0.3, 0.4) is 0 Å². The first-order valence-corrected chi connectivity index (χ1v) is 4.65. The second-order valence-corrected chi connectivity index (χ2v) is 3.42. The fraction of sp³-hybridized carbons (Fsp3) is 0.400. The number of rotatable bonds is 3. The Labute approximate surface area is 101 Å². The van der Waals surface area contributed by atoms with E-state index in [0.717, 1.165) is 5.56 Å². The summed E-state index contributed by atoms with van der Waals surface area (Å²) >= 11 is 5.97. The summed E-state index contributed by atoms with van der Waals surface area (Å²) in [5.41, 5.74) is 6.64. The van der Waals surface area contributed by atoms with Gasteiger partial charge in [-0.3, -0.25) is 0 Å². The fourth-order valence-electron chi connectivity index (χ4n) is 1.24. The second kappa shape index (κ2) is 6.05. The highest BCUT2D eigenvalue weighted by Crippen LogP contribution is 2.34. The van der Waals surface area contributed by atoms with Gasteiger partial charge >= 0.3 is 0 Å². The molecule has 3 nitrogen and oxygen atoms in total. The normalized spacial score (nSPS) is 11.5. The van der Waals surface area contributed by atoms with E-state index in [-0.39, 0.29) is 18.4 Å². The van der Waals surface area contributed by atoms with E-state index < -0.39 is 0 Å². The van der Waals surface area contributed by atoms with Gasteiger partial charge in [0.05, 0.1) is 19.2 Å². The van der Waals surface area contributed by atoms with Crippen LogP contribution in [0.25, 0.3) is 0 Å². The van der Waals surface area contributed by atoms with E-state index in [1.54, 1.807) is 26.4 Å². The van der Waals surface area contributed by atoms with Gasteiger partial charge < -0.3 is 15.2 Å². The molecule has 1 aromatic carbocycles. The topological polar surface area (TPSA) is 44.5 Å². The molecule has 0 aliphatic heterocycles. The van der Waals surface area contributed by atoms with Crippen molar-refractivity contribution >= 4 is 24.0 Å². The molecule has 5 heteroatoms. The minimum Gasteiger partial charge on any atom is -0.496 e. The molecule has 0 saturated carbocycles. The van der Waals surface area contributed by atoms with Crippen LogP contribution in [0.15, 0.2) is 12.1 Å². The summed E-state index contributed by atoms with van der Waals surface area (Å²) in [6.07, 6.45) is 0. The summed E-state index contributed by atoms with van der Waals surface area (Å²) in [4.78, 5) is 0. The van der Waals surface area contributed by atoms with E-state index in [1.165, 1.54) is 0 Å². The van der Waals surface area contributed by atoms with Gasteiger partial charge in [0.25, 0.3) is 0 Å². The predicted octanol–water partition coefficient (Wildman–Crippen LogP) is 2.80. The summed E-state index contributed by atoms with van der Waals surface area (Å²) < 4.78 is 10.3. The number of methoxy groups -OCH3 is 2. The Morgan fingerprint density at radius 3 is 2.13 bits per heavy atom. The molecule has 15 heavy (non-hydrogen) atoms. The summed E-state index contributed by atoms with van der Waals surface area (Å²) in [6, 6.07) is 3.39. The number of nitrogens with two attached hydrogens (primary N) is 1. The summed E-state index contributed by atoms with van der Waals surface area (Å²) in [5, 5.41) is 0.542. The van der Waals surface area contributed by atoms with Crippen LogP contribution in [0.4, 0.5) is 0 Å². The third-order valence-corrected chi connectivity index (χ3v) is 2.29. The van der Waals surface area contributed by atoms with Gasteiger partial charge in [0.1, 0.15) is 11.5 Å². The molecule has 0 aliphatic carbocycles. The SMILES string of the molecule is COc1cc(OC)c(C(C)N)cc1Cl.Cl. The van der Waals surface area contributed by atoms with Crippen LogP contribution in [0.2, 0.25) is 5.02 Å². The lowest BCUT2D eigenvalue weighted by Crippen LogP contribution is -2.07. The minimum atomic E-state index is -0.117.